The Morgan fingerprint density at radius 1 is 1.20 bits per heavy atom. The highest BCUT2D eigenvalue weighted by Gasteiger charge is 2.14. The van der Waals surface area contributed by atoms with E-state index in [0.29, 0.717) is 12.2 Å². The number of rotatable bonds is 11. The van der Waals surface area contributed by atoms with E-state index in [4.69, 9.17) is 19.8 Å². The molecule has 0 spiro atoms. The minimum Gasteiger partial charge on any atom is -0.507 e. The van der Waals surface area contributed by atoms with E-state index in [1.807, 2.05) is 6.07 Å². The third-order valence-electron chi connectivity index (χ3n) is 3.78. The molecule has 9 nitrogen and oxygen atoms in total. The van der Waals surface area contributed by atoms with E-state index in [-0.39, 0.29) is 55.2 Å². The first-order chi connectivity index (χ1) is 14.3. The summed E-state index contributed by atoms with van der Waals surface area (Å²) in [6.07, 6.45) is 1.42. The number of phenolic OH excluding ortho intramolecular Hbond substituents is 1. The molecule has 0 saturated heterocycles. The van der Waals surface area contributed by atoms with E-state index in [0.717, 1.165) is 0 Å². The Balaban J connectivity index is 2.85. The van der Waals surface area contributed by atoms with Gasteiger partial charge in [0.2, 0.25) is 0 Å². The van der Waals surface area contributed by atoms with Crippen LogP contribution in [0, 0.1) is 22.7 Å². The number of carbonyl (C=O) groups is 2. The van der Waals surface area contributed by atoms with Crippen molar-refractivity contribution in [3.63, 3.8) is 0 Å². The van der Waals surface area contributed by atoms with E-state index in [1.54, 1.807) is 17.0 Å². The van der Waals surface area contributed by atoms with Gasteiger partial charge in [0.1, 0.15) is 30.6 Å². The van der Waals surface area contributed by atoms with E-state index < -0.39 is 11.9 Å². The van der Waals surface area contributed by atoms with Crippen LogP contribution in [0.3, 0.4) is 0 Å². The summed E-state index contributed by atoms with van der Waals surface area (Å²) in [6.45, 7) is 5.01. The maximum atomic E-state index is 12.0. The van der Waals surface area contributed by atoms with Crippen molar-refractivity contribution in [3.8, 4) is 17.9 Å². The van der Waals surface area contributed by atoms with Gasteiger partial charge >= 0.3 is 11.9 Å². The maximum Gasteiger partial charge on any atom is 0.349 e. The minimum atomic E-state index is -0.928. The fourth-order valence-electron chi connectivity index (χ4n) is 2.29. The minimum absolute atomic E-state index is 0.125. The summed E-state index contributed by atoms with van der Waals surface area (Å²) in [4.78, 5) is 25.0. The van der Waals surface area contributed by atoms with Crippen molar-refractivity contribution < 1.29 is 29.3 Å². The molecule has 0 aliphatic rings. The maximum absolute atomic E-state index is 12.0. The molecule has 0 amide bonds. The van der Waals surface area contributed by atoms with Crippen molar-refractivity contribution in [1.29, 1.82) is 10.5 Å². The van der Waals surface area contributed by atoms with Crippen LogP contribution in [0.4, 0.5) is 5.69 Å². The normalized spacial score (nSPS) is 10.5. The first kappa shape index (κ1) is 24.2. The van der Waals surface area contributed by atoms with Crippen LogP contribution >= 0.6 is 0 Å². The number of aliphatic hydroxyl groups is 1. The highest BCUT2D eigenvalue weighted by Crippen LogP contribution is 2.27. The van der Waals surface area contributed by atoms with Gasteiger partial charge < -0.3 is 24.6 Å². The number of phenols is 1. The molecule has 0 atom stereocenters. The van der Waals surface area contributed by atoms with Gasteiger partial charge in [0.05, 0.1) is 19.1 Å². The number of nitriles is 2. The fourth-order valence-corrected chi connectivity index (χ4v) is 2.29. The zero-order valence-corrected chi connectivity index (χ0v) is 16.6. The number of hydrogen-bond acceptors (Lipinski definition) is 9. The van der Waals surface area contributed by atoms with E-state index in [2.05, 4.69) is 6.58 Å². The van der Waals surface area contributed by atoms with E-state index >= 15 is 0 Å². The molecule has 0 aliphatic carbocycles. The SMILES string of the molecule is C=C(C)C(=O)OCCOC(=O)/C(C#N)=C/c1ccc(N(CCO)CCC#N)cc1O. The molecule has 0 unspecified atom stereocenters. The number of ether oxygens (including phenoxy) is 2. The standard InChI is InChI=1S/C21H23N3O6/c1-15(2)20(27)29-10-11-30-21(28)17(14-23)12-16-4-5-18(13-19(16)26)24(8-9-25)7-3-6-22/h4-5,12-13,25-26H,1,3,7-11H2,2H3/b17-12+. The number of hydrogen-bond donors (Lipinski definition) is 2. The highest BCUT2D eigenvalue weighted by molar-refractivity contribution is 5.98. The Morgan fingerprint density at radius 3 is 2.40 bits per heavy atom. The zero-order chi connectivity index (χ0) is 22.5. The molecule has 0 fully saturated rings. The second-order valence-electron chi connectivity index (χ2n) is 6.08. The van der Waals surface area contributed by atoms with Gasteiger partial charge in [-0.25, -0.2) is 9.59 Å². The monoisotopic (exact) mass is 413 g/mol. The molecule has 30 heavy (non-hydrogen) atoms. The fraction of sp³-hybridized carbons (Fsp3) is 0.333. The number of aromatic hydroxyl groups is 1. The van der Waals surface area contributed by atoms with Gasteiger partial charge in [-0.1, -0.05) is 6.58 Å². The molecule has 9 heteroatoms. The van der Waals surface area contributed by atoms with E-state index in [1.165, 1.54) is 25.1 Å². The number of anilines is 1. The lowest BCUT2D eigenvalue weighted by Gasteiger charge is -2.23. The predicted octanol–water partition coefficient (Wildman–Crippen LogP) is 1.67. The lowest BCUT2D eigenvalue weighted by atomic mass is 10.1. The molecule has 0 aromatic heterocycles. The molecule has 0 bridgehead atoms. The highest BCUT2D eigenvalue weighted by atomic mass is 16.6. The molecule has 2 N–H and O–H groups in total. The third kappa shape index (κ3) is 7.66. The Labute approximate surface area is 174 Å². The first-order valence-electron chi connectivity index (χ1n) is 9.01. The van der Waals surface area contributed by atoms with Gasteiger partial charge in [0.15, 0.2) is 0 Å². The number of carbonyl (C=O) groups excluding carboxylic acids is 2. The third-order valence-corrected chi connectivity index (χ3v) is 3.78. The summed E-state index contributed by atoms with van der Waals surface area (Å²) in [6, 6.07) is 8.27. The van der Waals surface area contributed by atoms with Gasteiger partial charge in [0, 0.05) is 36.0 Å². The average Bonchev–Trinajstić information content (AvgIpc) is 2.72. The lowest BCUT2D eigenvalue weighted by molar-refractivity contribution is -0.147. The van der Waals surface area contributed by atoms with Crippen molar-refractivity contribution in [1.82, 2.24) is 0 Å². The van der Waals surface area contributed by atoms with Crippen LogP contribution in [0.1, 0.15) is 18.9 Å². The second kappa shape index (κ2) is 12.6. The molecule has 0 aliphatic heterocycles. The lowest BCUT2D eigenvalue weighted by Crippen LogP contribution is -2.27. The molecule has 0 saturated carbocycles. The molecule has 1 aromatic rings. The Morgan fingerprint density at radius 2 is 1.87 bits per heavy atom. The smallest absolute Gasteiger partial charge is 0.349 e. The van der Waals surface area contributed by atoms with Crippen LogP contribution in [-0.4, -0.2) is 55.1 Å². The quantitative estimate of drug-likeness (QED) is 0.239. The summed E-state index contributed by atoms with van der Waals surface area (Å²) < 4.78 is 9.68. The molecule has 158 valence electrons. The summed E-state index contributed by atoms with van der Waals surface area (Å²) >= 11 is 0. The average molecular weight is 413 g/mol. The molecule has 0 radical (unpaired) electrons. The first-order valence-corrected chi connectivity index (χ1v) is 9.01. The van der Waals surface area contributed by atoms with Crippen molar-refractivity contribution >= 4 is 23.7 Å². The number of esters is 2. The number of aliphatic hydroxyl groups excluding tert-OH is 1. The van der Waals surface area contributed by atoms with Crippen molar-refractivity contribution in [2.75, 3.05) is 37.8 Å². The Bertz CT molecular complexity index is 895. The molecule has 0 heterocycles. The van der Waals surface area contributed by atoms with Crippen molar-refractivity contribution in [2.24, 2.45) is 0 Å². The summed E-state index contributed by atoms with van der Waals surface area (Å²) in [5, 5.41) is 37.4. The van der Waals surface area contributed by atoms with Gasteiger partial charge in [-0.15, -0.1) is 0 Å². The Kier molecular flexibility index (Phi) is 10.2. The summed E-state index contributed by atoms with van der Waals surface area (Å²) in [7, 11) is 0. The van der Waals surface area contributed by atoms with Gasteiger partial charge in [-0.3, -0.25) is 0 Å². The largest absolute Gasteiger partial charge is 0.507 e. The van der Waals surface area contributed by atoms with Gasteiger partial charge in [-0.2, -0.15) is 10.5 Å². The molecular formula is C21H23N3O6. The van der Waals surface area contributed by atoms with Crippen LogP contribution in [0.5, 0.6) is 5.75 Å². The second-order valence-corrected chi connectivity index (χ2v) is 6.08. The van der Waals surface area contributed by atoms with Crippen molar-refractivity contribution in [2.45, 2.75) is 13.3 Å². The van der Waals surface area contributed by atoms with Crippen LogP contribution in [0.15, 0.2) is 35.9 Å². The van der Waals surface area contributed by atoms with Gasteiger partial charge in [0.25, 0.3) is 0 Å². The summed E-state index contributed by atoms with van der Waals surface area (Å²) in [5.41, 5.74) is 0.656. The number of benzene rings is 1. The Hall–Kier alpha value is -3.82. The van der Waals surface area contributed by atoms with Crippen LogP contribution in [0.25, 0.3) is 6.08 Å². The molecule has 1 rings (SSSR count). The molecular weight excluding hydrogens is 390 g/mol. The van der Waals surface area contributed by atoms with Crippen LogP contribution in [0.2, 0.25) is 0 Å². The van der Waals surface area contributed by atoms with Crippen LogP contribution < -0.4 is 4.90 Å². The van der Waals surface area contributed by atoms with Crippen LogP contribution in [-0.2, 0) is 19.1 Å². The summed E-state index contributed by atoms with van der Waals surface area (Å²) in [5.74, 6) is -1.73. The topological polar surface area (TPSA) is 144 Å². The van der Waals surface area contributed by atoms with Crippen molar-refractivity contribution in [3.05, 3.63) is 41.5 Å². The molecule has 1 aromatic carbocycles. The zero-order valence-electron chi connectivity index (χ0n) is 16.6. The number of nitrogens with zero attached hydrogens (tertiary/aromatic N) is 3. The van der Waals surface area contributed by atoms with E-state index in [9.17, 15) is 20.0 Å². The predicted molar refractivity (Wildman–Crippen MR) is 108 cm³/mol. The van der Waals surface area contributed by atoms with Gasteiger partial charge in [-0.05, 0) is 25.1 Å².